The number of hydrogen-bond acceptors (Lipinski definition) is 4. The highest BCUT2D eigenvalue weighted by Crippen LogP contribution is 2.30. The third-order valence-electron chi connectivity index (χ3n) is 3.52. The number of thiazole rings is 1. The van der Waals surface area contributed by atoms with E-state index in [2.05, 4.69) is 16.5 Å². The zero-order chi connectivity index (χ0) is 14.8. The molecule has 0 spiro atoms. The number of aryl methyl sites for hydroxylation is 1. The average molecular weight is 318 g/mol. The van der Waals surface area contributed by atoms with Gasteiger partial charge in [-0.05, 0) is 30.2 Å². The summed E-state index contributed by atoms with van der Waals surface area (Å²) in [5.74, 6) is 5.73. The van der Waals surface area contributed by atoms with Gasteiger partial charge in [0.1, 0.15) is 0 Å². The van der Waals surface area contributed by atoms with Crippen LogP contribution in [0, 0.1) is 6.92 Å². The Morgan fingerprint density at radius 3 is 2.81 bits per heavy atom. The van der Waals surface area contributed by atoms with Crippen LogP contribution in [0.2, 0.25) is 5.02 Å². The molecular weight excluding hydrogens is 302 g/mol. The Kier molecular flexibility index (Phi) is 4.22. The maximum Gasteiger partial charge on any atom is 0.0958 e. The number of fused-ring (bicyclic) bond motifs is 1. The third-order valence-corrected chi connectivity index (χ3v) is 5.09. The van der Waals surface area contributed by atoms with Gasteiger partial charge in [0, 0.05) is 11.4 Å². The summed E-state index contributed by atoms with van der Waals surface area (Å²) in [5, 5.41) is 1.82. The summed E-state index contributed by atoms with van der Waals surface area (Å²) in [6.07, 6.45) is 0.721. The molecule has 108 valence electrons. The molecule has 3 N–H and O–H groups in total. The Morgan fingerprint density at radius 2 is 2.05 bits per heavy atom. The van der Waals surface area contributed by atoms with Gasteiger partial charge in [-0.3, -0.25) is 11.3 Å². The van der Waals surface area contributed by atoms with E-state index in [9.17, 15) is 0 Å². The minimum atomic E-state index is -0.0436. The van der Waals surface area contributed by atoms with E-state index in [-0.39, 0.29) is 6.04 Å². The van der Waals surface area contributed by atoms with Crippen LogP contribution >= 0.6 is 22.9 Å². The predicted molar refractivity (Wildman–Crippen MR) is 89.6 cm³/mol. The first-order valence-corrected chi connectivity index (χ1v) is 7.94. The molecule has 0 aliphatic heterocycles. The molecule has 0 aliphatic rings. The number of nitrogens with one attached hydrogen (secondary N) is 1. The molecule has 2 aromatic carbocycles. The third kappa shape index (κ3) is 2.94. The van der Waals surface area contributed by atoms with Gasteiger partial charge in [0.05, 0.1) is 21.3 Å². The van der Waals surface area contributed by atoms with Crippen LogP contribution in [0.4, 0.5) is 0 Å². The topological polar surface area (TPSA) is 50.9 Å². The van der Waals surface area contributed by atoms with E-state index in [1.807, 2.05) is 43.3 Å². The second kappa shape index (κ2) is 6.12. The fourth-order valence-electron chi connectivity index (χ4n) is 2.38. The van der Waals surface area contributed by atoms with Crippen LogP contribution in [-0.2, 0) is 6.42 Å². The Labute approximate surface area is 132 Å². The second-order valence-corrected chi connectivity index (χ2v) is 6.47. The number of hydrogen-bond donors (Lipinski definition) is 2. The van der Waals surface area contributed by atoms with Crippen molar-refractivity contribution in [2.45, 2.75) is 19.4 Å². The van der Waals surface area contributed by atoms with Crippen molar-refractivity contribution in [3.05, 3.63) is 63.6 Å². The van der Waals surface area contributed by atoms with Crippen LogP contribution in [-0.4, -0.2) is 4.98 Å². The van der Waals surface area contributed by atoms with Crippen molar-refractivity contribution in [3.63, 3.8) is 0 Å². The van der Waals surface area contributed by atoms with Crippen LogP contribution in [0.3, 0.4) is 0 Å². The molecule has 0 radical (unpaired) electrons. The normalized spacial score (nSPS) is 12.7. The highest BCUT2D eigenvalue weighted by Gasteiger charge is 2.17. The van der Waals surface area contributed by atoms with E-state index in [1.165, 1.54) is 4.70 Å². The number of benzene rings is 2. The molecular formula is C16H16ClN3S. The van der Waals surface area contributed by atoms with E-state index >= 15 is 0 Å². The average Bonchev–Trinajstić information content (AvgIpc) is 2.90. The molecule has 0 fully saturated rings. The number of para-hydroxylation sites is 1. The smallest absolute Gasteiger partial charge is 0.0958 e. The van der Waals surface area contributed by atoms with Crippen LogP contribution in [0.15, 0.2) is 42.5 Å². The highest BCUT2D eigenvalue weighted by molar-refractivity contribution is 7.18. The van der Waals surface area contributed by atoms with Crippen molar-refractivity contribution in [2.24, 2.45) is 5.84 Å². The molecule has 1 heterocycles. The lowest BCUT2D eigenvalue weighted by molar-refractivity contribution is 0.551. The molecule has 0 amide bonds. The summed E-state index contributed by atoms with van der Waals surface area (Å²) in [6.45, 7) is 2.00. The summed E-state index contributed by atoms with van der Waals surface area (Å²) in [4.78, 5) is 4.66. The van der Waals surface area contributed by atoms with Crippen molar-refractivity contribution < 1.29 is 0 Å². The van der Waals surface area contributed by atoms with Gasteiger partial charge in [-0.25, -0.2) is 4.98 Å². The van der Waals surface area contributed by atoms with Gasteiger partial charge in [-0.2, -0.15) is 0 Å². The largest absolute Gasteiger partial charge is 0.271 e. The van der Waals surface area contributed by atoms with Gasteiger partial charge in [0.15, 0.2) is 0 Å². The van der Waals surface area contributed by atoms with Gasteiger partial charge >= 0.3 is 0 Å². The molecule has 0 aliphatic carbocycles. The summed E-state index contributed by atoms with van der Waals surface area (Å²) < 4.78 is 1.19. The molecule has 3 aromatic rings. The molecule has 0 bridgehead atoms. The standard InChI is InChI=1S/C16H16ClN3S/c1-10-5-4-6-11(16(10)17)13(20-18)9-15-19-12-7-2-3-8-14(12)21-15/h2-8,13,20H,9,18H2,1H3. The minimum Gasteiger partial charge on any atom is -0.271 e. The van der Waals surface area contributed by atoms with Crippen molar-refractivity contribution in [3.8, 4) is 0 Å². The highest BCUT2D eigenvalue weighted by atomic mass is 35.5. The second-order valence-electron chi connectivity index (χ2n) is 4.98. The summed E-state index contributed by atoms with van der Waals surface area (Å²) in [6, 6.07) is 14.1. The SMILES string of the molecule is Cc1cccc(C(Cc2nc3ccccc3s2)NN)c1Cl. The lowest BCUT2D eigenvalue weighted by Crippen LogP contribution is -2.29. The van der Waals surface area contributed by atoms with Crippen LogP contribution in [0.1, 0.15) is 22.2 Å². The van der Waals surface area contributed by atoms with Gasteiger partial charge in [0.2, 0.25) is 0 Å². The number of nitrogens with zero attached hydrogens (tertiary/aromatic N) is 1. The lowest BCUT2D eigenvalue weighted by atomic mass is 10.0. The molecule has 0 saturated carbocycles. The van der Waals surface area contributed by atoms with Crippen LogP contribution in [0.25, 0.3) is 10.2 Å². The molecule has 5 heteroatoms. The zero-order valence-electron chi connectivity index (χ0n) is 11.6. The van der Waals surface area contributed by atoms with E-state index < -0.39 is 0 Å². The van der Waals surface area contributed by atoms with Crippen LogP contribution < -0.4 is 11.3 Å². The first kappa shape index (κ1) is 14.5. The van der Waals surface area contributed by atoms with Gasteiger partial charge in [-0.15, -0.1) is 11.3 Å². The Morgan fingerprint density at radius 1 is 1.24 bits per heavy atom. The fraction of sp³-hybridized carbons (Fsp3) is 0.188. The van der Waals surface area contributed by atoms with Crippen molar-refractivity contribution in [1.82, 2.24) is 10.4 Å². The summed E-state index contributed by atoms with van der Waals surface area (Å²) >= 11 is 8.10. The summed E-state index contributed by atoms with van der Waals surface area (Å²) in [7, 11) is 0. The monoisotopic (exact) mass is 317 g/mol. The molecule has 3 rings (SSSR count). The number of nitrogens with two attached hydrogens (primary N) is 1. The van der Waals surface area contributed by atoms with Gasteiger partial charge < -0.3 is 0 Å². The van der Waals surface area contributed by atoms with E-state index in [1.54, 1.807) is 11.3 Å². The number of aromatic nitrogens is 1. The maximum absolute atomic E-state index is 6.40. The first-order chi connectivity index (χ1) is 10.2. The molecule has 3 nitrogen and oxygen atoms in total. The zero-order valence-corrected chi connectivity index (χ0v) is 13.2. The quantitative estimate of drug-likeness (QED) is 0.565. The van der Waals surface area contributed by atoms with E-state index in [0.29, 0.717) is 0 Å². The van der Waals surface area contributed by atoms with Crippen molar-refractivity contribution in [2.75, 3.05) is 0 Å². The lowest BCUT2D eigenvalue weighted by Gasteiger charge is -2.17. The molecule has 1 unspecified atom stereocenters. The summed E-state index contributed by atoms with van der Waals surface area (Å²) in [5.41, 5.74) is 5.96. The molecule has 1 atom stereocenters. The van der Waals surface area contributed by atoms with E-state index in [4.69, 9.17) is 17.4 Å². The Hall–Kier alpha value is -1.46. The maximum atomic E-state index is 6.40. The number of rotatable bonds is 4. The number of hydrazine groups is 1. The van der Waals surface area contributed by atoms with Gasteiger partial charge in [-0.1, -0.05) is 41.9 Å². The number of halogens is 1. The molecule has 21 heavy (non-hydrogen) atoms. The Bertz CT molecular complexity index is 736. The minimum absolute atomic E-state index is 0.0436. The van der Waals surface area contributed by atoms with E-state index in [0.717, 1.165) is 33.1 Å². The predicted octanol–water partition coefficient (Wildman–Crippen LogP) is 4.01. The fourth-order valence-corrected chi connectivity index (χ4v) is 3.65. The Balaban J connectivity index is 1.92. The molecule has 0 saturated heterocycles. The van der Waals surface area contributed by atoms with Crippen molar-refractivity contribution >= 4 is 33.2 Å². The first-order valence-electron chi connectivity index (χ1n) is 6.74. The van der Waals surface area contributed by atoms with Crippen molar-refractivity contribution in [1.29, 1.82) is 0 Å². The van der Waals surface area contributed by atoms with Crippen LogP contribution in [0.5, 0.6) is 0 Å². The van der Waals surface area contributed by atoms with Gasteiger partial charge in [0.25, 0.3) is 0 Å². The molecule has 1 aromatic heterocycles.